The number of rotatable bonds is 6. The Hall–Kier alpha value is -1.10. The second-order valence-electron chi connectivity index (χ2n) is 5.18. The summed E-state index contributed by atoms with van der Waals surface area (Å²) in [7, 11) is 1.66. The zero-order valence-corrected chi connectivity index (χ0v) is 11.8. The zero-order valence-electron chi connectivity index (χ0n) is 11.8. The fraction of sp³-hybridized carbons (Fsp3) is 0.846. The van der Waals surface area contributed by atoms with E-state index in [1.165, 1.54) is 0 Å². The van der Waals surface area contributed by atoms with Gasteiger partial charge in [-0.2, -0.15) is 0 Å². The number of carbonyl (C=O) groups excluding carboxylic acids is 2. The van der Waals surface area contributed by atoms with Crippen LogP contribution < -0.4 is 5.32 Å². The van der Waals surface area contributed by atoms with Gasteiger partial charge in [0.15, 0.2) is 0 Å². The molecule has 1 fully saturated rings. The second-order valence-corrected chi connectivity index (χ2v) is 5.18. The van der Waals surface area contributed by atoms with Crippen molar-refractivity contribution in [1.82, 2.24) is 10.2 Å². The Morgan fingerprint density at radius 3 is 2.56 bits per heavy atom. The largest absolute Gasteiger partial charge is 0.385 e. The van der Waals surface area contributed by atoms with E-state index < -0.39 is 5.54 Å². The van der Waals surface area contributed by atoms with Crippen LogP contribution in [0.25, 0.3) is 0 Å². The highest BCUT2D eigenvalue weighted by Crippen LogP contribution is 2.22. The van der Waals surface area contributed by atoms with E-state index in [2.05, 4.69) is 5.32 Å². The first-order valence-corrected chi connectivity index (χ1v) is 6.56. The molecule has 0 saturated carbocycles. The maximum Gasteiger partial charge on any atom is 0.246 e. The quantitative estimate of drug-likeness (QED) is 0.719. The molecule has 1 aliphatic rings. The molecule has 1 aliphatic heterocycles. The van der Waals surface area contributed by atoms with Crippen LogP contribution in [0.5, 0.6) is 0 Å². The Balaban J connectivity index is 2.69. The monoisotopic (exact) mass is 256 g/mol. The highest BCUT2D eigenvalue weighted by molar-refractivity contribution is 5.99. The molecule has 1 atom stereocenters. The summed E-state index contributed by atoms with van der Waals surface area (Å²) >= 11 is 0. The summed E-state index contributed by atoms with van der Waals surface area (Å²) in [5.41, 5.74) is -0.754. The van der Waals surface area contributed by atoms with Crippen LogP contribution in [0.1, 0.15) is 40.0 Å². The van der Waals surface area contributed by atoms with Gasteiger partial charge in [0.25, 0.3) is 0 Å². The predicted molar refractivity (Wildman–Crippen MR) is 69.1 cm³/mol. The van der Waals surface area contributed by atoms with E-state index in [0.29, 0.717) is 19.6 Å². The molecule has 5 nitrogen and oxygen atoms in total. The van der Waals surface area contributed by atoms with Crippen LogP contribution in [0, 0.1) is 0 Å². The van der Waals surface area contributed by atoms with Crippen LogP contribution >= 0.6 is 0 Å². The molecule has 1 saturated heterocycles. The van der Waals surface area contributed by atoms with Gasteiger partial charge in [0, 0.05) is 20.3 Å². The van der Waals surface area contributed by atoms with Crippen molar-refractivity contribution in [3.8, 4) is 0 Å². The van der Waals surface area contributed by atoms with Crippen molar-refractivity contribution in [1.29, 1.82) is 0 Å². The van der Waals surface area contributed by atoms with Gasteiger partial charge in [-0.1, -0.05) is 6.92 Å². The average molecular weight is 256 g/mol. The molecule has 104 valence electrons. The van der Waals surface area contributed by atoms with Gasteiger partial charge in [0.1, 0.15) is 11.6 Å². The number of carbonyl (C=O) groups is 2. The molecule has 0 aromatic rings. The van der Waals surface area contributed by atoms with Crippen LogP contribution in [-0.4, -0.2) is 48.6 Å². The van der Waals surface area contributed by atoms with Gasteiger partial charge in [-0.25, -0.2) is 0 Å². The number of piperazine rings is 1. The third-order valence-electron chi connectivity index (χ3n) is 3.49. The lowest BCUT2D eigenvalue weighted by atomic mass is 9.94. The number of ether oxygens (including phenoxy) is 1. The van der Waals surface area contributed by atoms with Crippen LogP contribution in [0.2, 0.25) is 0 Å². The Morgan fingerprint density at radius 1 is 1.33 bits per heavy atom. The van der Waals surface area contributed by atoms with E-state index in [0.717, 1.165) is 12.8 Å². The molecule has 18 heavy (non-hydrogen) atoms. The van der Waals surface area contributed by atoms with Crippen molar-refractivity contribution in [3.05, 3.63) is 0 Å². The number of hydrogen-bond donors (Lipinski definition) is 1. The Bertz CT molecular complexity index is 315. The minimum Gasteiger partial charge on any atom is -0.385 e. The molecule has 1 N–H and O–H groups in total. The molecule has 2 amide bonds. The lowest BCUT2D eigenvalue weighted by Gasteiger charge is -2.44. The fourth-order valence-electron chi connectivity index (χ4n) is 2.17. The Morgan fingerprint density at radius 2 is 2.00 bits per heavy atom. The Kier molecular flexibility index (Phi) is 5.14. The number of nitrogens with one attached hydrogen (secondary N) is 1. The molecule has 5 heteroatoms. The van der Waals surface area contributed by atoms with E-state index in [9.17, 15) is 9.59 Å². The van der Waals surface area contributed by atoms with Gasteiger partial charge in [-0.05, 0) is 33.1 Å². The maximum absolute atomic E-state index is 12.3. The van der Waals surface area contributed by atoms with Crippen molar-refractivity contribution < 1.29 is 14.3 Å². The smallest absolute Gasteiger partial charge is 0.246 e. The Labute approximate surface area is 109 Å². The lowest BCUT2D eigenvalue weighted by Crippen LogP contribution is -2.68. The van der Waals surface area contributed by atoms with Crippen LogP contribution in [-0.2, 0) is 14.3 Å². The summed E-state index contributed by atoms with van der Waals surface area (Å²) in [5, 5.41) is 2.78. The number of amides is 2. The average Bonchev–Trinajstić information content (AvgIpc) is 2.33. The van der Waals surface area contributed by atoms with Gasteiger partial charge in [0.2, 0.25) is 11.8 Å². The number of nitrogens with zero attached hydrogens (tertiary/aromatic N) is 1. The number of unbranched alkanes of at least 4 members (excludes halogenated alkanes) is 1. The lowest BCUT2D eigenvalue weighted by molar-refractivity contribution is -0.155. The summed E-state index contributed by atoms with van der Waals surface area (Å²) in [5.74, 6) is -0.0415. The standard InChI is InChI=1S/C13H24N2O3/c1-5-10-11(16)15(8-6-7-9-18-4)13(2,3)12(17)14-10/h10H,5-9H2,1-4H3,(H,14,17). The first-order chi connectivity index (χ1) is 8.45. The van der Waals surface area contributed by atoms with Gasteiger partial charge < -0.3 is 15.0 Å². The summed E-state index contributed by atoms with van der Waals surface area (Å²) in [6.45, 7) is 6.79. The van der Waals surface area contributed by atoms with Gasteiger partial charge >= 0.3 is 0 Å². The minimum absolute atomic E-state index is 0.0273. The van der Waals surface area contributed by atoms with E-state index >= 15 is 0 Å². The van der Waals surface area contributed by atoms with Crippen molar-refractivity contribution >= 4 is 11.8 Å². The van der Waals surface area contributed by atoms with Crippen LogP contribution in [0.15, 0.2) is 0 Å². The van der Waals surface area contributed by atoms with E-state index in [1.807, 2.05) is 6.92 Å². The fourth-order valence-corrected chi connectivity index (χ4v) is 2.17. The van der Waals surface area contributed by atoms with Crippen molar-refractivity contribution in [2.75, 3.05) is 20.3 Å². The molecule has 0 aromatic carbocycles. The molecular weight excluding hydrogens is 232 g/mol. The van der Waals surface area contributed by atoms with E-state index in [1.54, 1.807) is 25.9 Å². The van der Waals surface area contributed by atoms with Gasteiger partial charge in [-0.3, -0.25) is 9.59 Å². The molecule has 0 aromatic heterocycles. The molecule has 1 unspecified atom stereocenters. The minimum atomic E-state index is -0.754. The topological polar surface area (TPSA) is 58.6 Å². The number of hydrogen-bond acceptors (Lipinski definition) is 3. The molecule has 0 spiro atoms. The molecule has 0 aliphatic carbocycles. The SMILES string of the molecule is CCC1NC(=O)C(C)(C)N(CCCCOC)C1=O. The van der Waals surface area contributed by atoms with Gasteiger partial charge in [0.05, 0.1) is 0 Å². The van der Waals surface area contributed by atoms with Crippen molar-refractivity contribution in [2.45, 2.75) is 51.6 Å². The molecule has 1 heterocycles. The summed E-state index contributed by atoms with van der Waals surface area (Å²) in [4.78, 5) is 26.0. The third kappa shape index (κ3) is 3.02. The zero-order chi connectivity index (χ0) is 13.8. The van der Waals surface area contributed by atoms with E-state index in [-0.39, 0.29) is 17.9 Å². The highest BCUT2D eigenvalue weighted by Gasteiger charge is 2.45. The molecule has 1 rings (SSSR count). The normalized spacial score (nSPS) is 23.1. The number of methoxy groups -OCH3 is 1. The molecular formula is C13H24N2O3. The maximum atomic E-state index is 12.3. The second kappa shape index (κ2) is 6.18. The van der Waals surface area contributed by atoms with Crippen molar-refractivity contribution in [2.24, 2.45) is 0 Å². The van der Waals surface area contributed by atoms with Crippen LogP contribution in [0.4, 0.5) is 0 Å². The predicted octanol–water partition coefficient (Wildman–Crippen LogP) is 0.929. The van der Waals surface area contributed by atoms with Crippen LogP contribution in [0.3, 0.4) is 0 Å². The summed E-state index contributed by atoms with van der Waals surface area (Å²) in [6.07, 6.45) is 2.39. The first kappa shape index (κ1) is 15.0. The third-order valence-corrected chi connectivity index (χ3v) is 3.49. The summed E-state index contributed by atoms with van der Waals surface area (Å²) in [6, 6.07) is -0.368. The summed E-state index contributed by atoms with van der Waals surface area (Å²) < 4.78 is 4.99. The van der Waals surface area contributed by atoms with E-state index in [4.69, 9.17) is 4.74 Å². The molecule has 0 radical (unpaired) electrons. The molecule has 0 bridgehead atoms. The van der Waals surface area contributed by atoms with Gasteiger partial charge in [-0.15, -0.1) is 0 Å². The first-order valence-electron chi connectivity index (χ1n) is 6.56. The highest BCUT2D eigenvalue weighted by atomic mass is 16.5. The van der Waals surface area contributed by atoms with Crippen molar-refractivity contribution in [3.63, 3.8) is 0 Å².